The predicted octanol–water partition coefficient (Wildman–Crippen LogP) is 3.83. The van der Waals surface area contributed by atoms with Gasteiger partial charge in [-0.1, -0.05) is 29.8 Å². The van der Waals surface area contributed by atoms with E-state index in [2.05, 4.69) is 0 Å². The topological polar surface area (TPSA) is 55.6 Å². The van der Waals surface area contributed by atoms with Gasteiger partial charge in [0, 0.05) is 5.56 Å². The Kier molecular flexibility index (Phi) is 5.44. The van der Waals surface area contributed by atoms with Crippen molar-refractivity contribution in [3.8, 4) is 16.9 Å². The molecule has 0 spiro atoms. The molecule has 3 rings (SSSR count). The standard InChI is InChI=1S/C19H19ClF2N2O2/c20-16-10-15(6-7-17(16)26-9-1-8-23)13-2-4-14(5-3-13)18(25)24-11-19(21,22)12-24/h2-7,10H,1,8-9,11-12,23H2. The number of amides is 1. The van der Waals surface area contributed by atoms with E-state index in [-0.39, 0.29) is 5.91 Å². The Morgan fingerprint density at radius 2 is 1.81 bits per heavy atom. The van der Waals surface area contributed by atoms with Crippen molar-refractivity contribution in [2.75, 3.05) is 26.2 Å². The molecule has 0 bridgehead atoms. The molecule has 7 heteroatoms. The molecule has 4 nitrogen and oxygen atoms in total. The van der Waals surface area contributed by atoms with Crippen LogP contribution in [-0.2, 0) is 0 Å². The zero-order chi connectivity index (χ0) is 18.7. The summed E-state index contributed by atoms with van der Waals surface area (Å²) in [4.78, 5) is 13.3. The Bertz CT molecular complexity index is 789. The van der Waals surface area contributed by atoms with Crippen molar-refractivity contribution in [2.45, 2.75) is 12.3 Å². The minimum atomic E-state index is -2.76. The van der Waals surface area contributed by atoms with Gasteiger partial charge >= 0.3 is 0 Å². The highest BCUT2D eigenvalue weighted by molar-refractivity contribution is 6.32. The van der Waals surface area contributed by atoms with Crippen LogP contribution in [0.1, 0.15) is 16.8 Å². The van der Waals surface area contributed by atoms with Gasteiger partial charge in [0.25, 0.3) is 11.8 Å². The highest BCUT2D eigenvalue weighted by Crippen LogP contribution is 2.31. The Morgan fingerprint density at radius 1 is 1.15 bits per heavy atom. The number of carbonyl (C=O) groups excluding carboxylic acids is 1. The van der Waals surface area contributed by atoms with E-state index in [1.807, 2.05) is 6.07 Å². The van der Waals surface area contributed by atoms with Crippen LogP contribution in [0.2, 0.25) is 5.02 Å². The summed E-state index contributed by atoms with van der Waals surface area (Å²) in [6.45, 7) is 0.0153. The molecule has 0 aliphatic carbocycles. The van der Waals surface area contributed by atoms with Crippen molar-refractivity contribution in [1.29, 1.82) is 0 Å². The van der Waals surface area contributed by atoms with E-state index in [1.54, 1.807) is 36.4 Å². The number of carbonyl (C=O) groups is 1. The summed E-state index contributed by atoms with van der Waals surface area (Å²) in [5.41, 5.74) is 7.56. The monoisotopic (exact) mass is 380 g/mol. The molecule has 0 unspecified atom stereocenters. The molecule has 1 aliphatic heterocycles. The first-order valence-corrected chi connectivity index (χ1v) is 8.67. The number of nitrogens with two attached hydrogens (primary N) is 1. The average Bonchev–Trinajstić information content (AvgIpc) is 2.60. The maximum absolute atomic E-state index is 12.9. The van der Waals surface area contributed by atoms with E-state index >= 15 is 0 Å². The van der Waals surface area contributed by atoms with Crippen LogP contribution in [0.15, 0.2) is 42.5 Å². The van der Waals surface area contributed by atoms with E-state index in [1.165, 1.54) is 0 Å². The average molecular weight is 381 g/mol. The summed E-state index contributed by atoms with van der Waals surface area (Å²) in [7, 11) is 0. The molecular formula is C19H19ClF2N2O2. The molecule has 26 heavy (non-hydrogen) atoms. The van der Waals surface area contributed by atoms with Gasteiger partial charge in [-0.3, -0.25) is 4.79 Å². The van der Waals surface area contributed by atoms with Gasteiger partial charge in [-0.2, -0.15) is 0 Å². The molecule has 1 fully saturated rings. The second-order valence-corrected chi connectivity index (χ2v) is 6.64. The van der Waals surface area contributed by atoms with Gasteiger partial charge in [-0.05, 0) is 48.4 Å². The van der Waals surface area contributed by atoms with E-state index in [4.69, 9.17) is 22.1 Å². The van der Waals surface area contributed by atoms with Gasteiger partial charge < -0.3 is 15.4 Å². The summed E-state index contributed by atoms with van der Waals surface area (Å²) in [6, 6.07) is 12.2. The number of nitrogens with zero attached hydrogens (tertiary/aromatic N) is 1. The summed E-state index contributed by atoms with van der Waals surface area (Å²) in [5.74, 6) is -2.56. The van der Waals surface area contributed by atoms with Gasteiger partial charge in [-0.15, -0.1) is 0 Å². The molecule has 0 radical (unpaired) electrons. The van der Waals surface area contributed by atoms with Crippen molar-refractivity contribution < 1.29 is 18.3 Å². The molecule has 1 heterocycles. The zero-order valence-corrected chi connectivity index (χ0v) is 14.8. The van der Waals surface area contributed by atoms with Crippen LogP contribution in [0.5, 0.6) is 5.75 Å². The van der Waals surface area contributed by atoms with Crippen LogP contribution in [0, 0.1) is 0 Å². The zero-order valence-electron chi connectivity index (χ0n) is 14.1. The van der Waals surface area contributed by atoms with Crippen LogP contribution in [-0.4, -0.2) is 43.0 Å². The minimum absolute atomic E-state index is 0.385. The van der Waals surface area contributed by atoms with Crippen molar-refractivity contribution in [3.63, 3.8) is 0 Å². The normalized spacial score (nSPS) is 15.5. The van der Waals surface area contributed by atoms with Crippen LogP contribution >= 0.6 is 11.6 Å². The first kappa shape index (κ1) is 18.6. The number of hydrogen-bond acceptors (Lipinski definition) is 3. The highest BCUT2D eigenvalue weighted by Gasteiger charge is 2.46. The number of likely N-dealkylation sites (tertiary alicyclic amines) is 1. The van der Waals surface area contributed by atoms with Crippen LogP contribution < -0.4 is 10.5 Å². The molecule has 2 aromatic carbocycles. The van der Waals surface area contributed by atoms with E-state index in [0.29, 0.717) is 29.5 Å². The van der Waals surface area contributed by atoms with Gasteiger partial charge in [0.1, 0.15) is 5.75 Å². The van der Waals surface area contributed by atoms with Crippen molar-refractivity contribution in [3.05, 3.63) is 53.1 Å². The molecule has 2 aromatic rings. The Balaban J connectivity index is 1.68. The number of alkyl halides is 2. The number of hydrogen-bond donors (Lipinski definition) is 1. The predicted molar refractivity (Wildman–Crippen MR) is 96.9 cm³/mol. The fraction of sp³-hybridized carbons (Fsp3) is 0.316. The van der Waals surface area contributed by atoms with Crippen LogP contribution in [0.25, 0.3) is 11.1 Å². The molecule has 1 saturated heterocycles. The quantitative estimate of drug-likeness (QED) is 0.775. The second kappa shape index (κ2) is 7.60. The van der Waals surface area contributed by atoms with E-state index in [9.17, 15) is 13.6 Å². The third-order valence-corrected chi connectivity index (χ3v) is 4.43. The number of rotatable bonds is 6. The highest BCUT2D eigenvalue weighted by atomic mass is 35.5. The second-order valence-electron chi connectivity index (χ2n) is 6.23. The largest absolute Gasteiger partial charge is 0.492 e. The van der Waals surface area contributed by atoms with E-state index < -0.39 is 19.0 Å². The maximum Gasteiger partial charge on any atom is 0.282 e. The summed E-state index contributed by atoms with van der Waals surface area (Å²) in [5, 5.41) is 0.488. The third-order valence-electron chi connectivity index (χ3n) is 4.13. The van der Waals surface area contributed by atoms with Gasteiger partial charge in [-0.25, -0.2) is 8.78 Å². The first-order valence-electron chi connectivity index (χ1n) is 8.29. The maximum atomic E-state index is 12.9. The van der Waals surface area contributed by atoms with Crippen LogP contribution in [0.3, 0.4) is 0 Å². The van der Waals surface area contributed by atoms with Gasteiger partial charge in [0.15, 0.2) is 0 Å². The first-order chi connectivity index (χ1) is 12.4. The molecule has 0 saturated carbocycles. The van der Waals surface area contributed by atoms with Crippen molar-refractivity contribution in [2.24, 2.45) is 5.73 Å². The summed E-state index contributed by atoms with van der Waals surface area (Å²) >= 11 is 6.25. The molecule has 138 valence electrons. The summed E-state index contributed by atoms with van der Waals surface area (Å²) in [6.07, 6.45) is 0.747. The fourth-order valence-electron chi connectivity index (χ4n) is 2.71. The lowest BCUT2D eigenvalue weighted by Crippen LogP contribution is -2.58. The number of halogens is 3. The summed E-state index contributed by atoms with van der Waals surface area (Å²) < 4.78 is 31.3. The minimum Gasteiger partial charge on any atom is -0.492 e. The fourth-order valence-corrected chi connectivity index (χ4v) is 2.94. The smallest absolute Gasteiger partial charge is 0.282 e. The van der Waals surface area contributed by atoms with Crippen molar-refractivity contribution in [1.82, 2.24) is 4.90 Å². The van der Waals surface area contributed by atoms with Crippen molar-refractivity contribution >= 4 is 17.5 Å². The van der Waals surface area contributed by atoms with Crippen LogP contribution in [0.4, 0.5) is 8.78 Å². The SMILES string of the molecule is NCCCOc1ccc(-c2ccc(C(=O)N3CC(F)(F)C3)cc2)cc1Cl. The van der Waals surface area contributed by atoms with Gasteiger partial charge in [0.05, 0.1) is 24.7 Å². The Labute approximate surface area is 155 Å². The lowest BCUT2D eigenvalue weighted by atomic mass is 10.0. The Morgan fingerprint density at radius 3 is 2.38 bits per heavy atom. The Hall–Kier alpha value is -2.18. The molecule has 0 aromatic heterocycles. The lowest BCUT2D eigenvalue weighted by Gasteiger charge is -2.38. The third kappa shape index (κ3) is 4.14. The molecule has 1 amide bonds. The molecular weight excluding hydrogens is 362 g/mol. The molecule has 1 aliphatic rings. The number of ether oxygens (including phenoxy) is 1. The molecule has 0 atom stereocenters. The number of benzene rings is 2. The lowest BCUT2D eigenvalue weighted by molar-refractivity contribution is -0.113. The molecule has 2 N–H and O–H groups in total. The van der Waals surface area contributed by atoms with Gasteiger partial charge in [0.2, 0.25) is 0 Å². The van der Waals surface area contributed by atoms with E-state index in [0.717, 1.165) is 22.4 Å².